The van der Waals surface area contributed by atoms with Crippen LogP contribution in [0, 0.1) is 0 Å². The zero-order valence-corrected chi connectivity index (χ0v) is 13.1. The second-order valence-electron chi connectivity index (χ2n) is 3.73. The molecule has 0 aromatic rings. The fourth-order valence-electron chi connectivity index (χ4n) is 1.32. The minimum absolute atomic E-state index is 0.918. The summed E-state index contributed by atoms with van der Waals surface area (Å²) in [5.74, 6) is 3.41. The zero-order valence-electron chi connectivity index (χ0n) is 11.4. The van der Waals surface area contributed by atoms with Crippen molar-refractivity contribution in [2.75, 3.05) is 43.7 Å². The molecular formula is C12H27N3S2. The highest BCUT2D eigenvalue weighted by Gasteiger charge is 1.95. The van der Waals surface area contributed by atoms with Gasteiger partial charge in [-0.05, 0) is 50.2 Å². The van der Waals surface area contributed by atoms with Crippen molar-refractivity contribution >= 4 is 29.5 Å². The molecule has 17 heavy (non-hydrogen) atoms. The van der Waals surface area contributed by atoms with Gasteiger partial charge in [-0.3, -0.25) is 4.99 Å². The van der Waals surface area contributed by atoms with Gasteiger partial charge in [0.05, 0.1) is 0 Å². The van der Waals surface area contributed by atoms with Crippen LogP contribution in [0.5, 0.6) is 0 Å². The molecule has 0 bridgehead atoms. The van der Waals surface area contributed by atoms with E-state index < -0.39 is 0 Å². The lowest BCUT2D eigenvalue weighted by Crippen LogP contribution is -2.37. The smallest absolute Gasteiger partial charge is 0.191 e. The summed E-state index contributed by atoms with van der Waals surface area (Å²) in [7, 11) is 0. The third kappa shape index (κ3) is 12.2. The predicted octanol–water partition coefficient (Wildman–Crippen LogP) is 2.44. The molecule has 0 spiro atoms. The van der Waals surface area contributed by atoms with Crippen molar-refractivity contribution in [3.8, 4) is 0 Å². The molecule has 3 nitrogen and oxygen atoms in total. The topological polar surface area (TPSA) is 36.4 Å². The van der Waals surface area contributed by atoms with Crippen molar-refractivity contribution in [3.63, 3.8) is 0 Å². The third-order valence-corrected chi connectivity index (χ3v) is 3.58. The quantitative estimate of drug-likeness (QED) is 0.365. The molecule has 0 radical (unpaired) electrons. The van der Waals surface area contributed by atoms with E-state index in [1.807, 2.05) is 23.5 Å². The van der Waals surface area contributed by atoms with E-state index in [1.54, 1.807) is 0 Å². The third-order valence-electron chi connectivity index (χ3n) is 2.19. The van der Waals surface area contributed by atoms with E-state index in [4.69, 9.17) is 0 Å². The molecule has 5 heteroatoms. The van der Waals surface area contributed by atoms with E-state index in [9.17, 15) is 0 Å². The van der Waals surface area contributed by atoms with Crippen molar-refractivity contribution in [2.45, 2.75) is 26.2 Å². The van der Waals surface area contributed by atoms with Gasteiger partial charge in [-0.25, -0.2) is 0 Å². The SMILES string of the molecule is CCNC(=NCCCSC)NCCCCSC. The number of aliphatic imine (C=N–C) groups is 1. The normalized spacial score (nSPS) is 11.6. The Bertz CT molecular complexity index is 187. The molecule has 102 valence electrons. The largest absolute Gasteiger partial charge is 0.357 e. The molecule has 0 saturated carbocycles. The molecule has 0 aliphatic heterocycles. The van der Waals surface area contributed by atoms with E-state index in [1.165, 1.54) is 24.3 Å². The summed E-state index contributed by atoms with van der Waals surface area (Å²) in [4.78, 5) is 4.54. The summed E-state index contributed by atoms with van der Waals surface area (Å²) < 4.78 is 0. The first-order valence-electron chi connectivity index (χ1n) is 6.35. The molecule has 0 aliphatic rings. The number of hydrogen-bond donors (Lipinski definition) is 2. The molecule has 0 saturated heterocycles. The van der Waals surface area contributed by atoms with Gasteiger partial charge in [0.25, 0.3) is 0 Å². The average Bonchev–Trinajstić information content (AvgIpc) is 2.34. The maximum absolute atomic E-state index is 4.54. The molecule has 0 heterocycles. The summed E-state index contributed by atoms with van der Waals surface area (Å²) >= 11 is 3.80. The van der Waals surface area contributed by atoms with E-state index in [0.717, 1.165) is 32.0 Å². The van der Waals surface area contributed by atoms with Gasteiger partial charge in [0.2, 0.25) is 0 Å². The van der Waals surface area contributed by atoms with Crippen molar-refractivity contribution in [3.05, 3.63) is 0 Å². The van der Waals surface area contributed by atoms with Crippen molar-refractivity contribution in [1.82, 2.24) is 10.6 Å². The number of nitrogens with zero attached hydrogens (tertiary/aromatic N) is 1. The summed E-state index contributed by atoms with van der Waals surface area (Å²) in [6.07, 6.45) is 7.95. The van der Waals surface area contributed by atoms with Crippen LogP contribution in [-0.2, 0) is 0 Å². The summed E-state index contributed by atoms with van der Waals surface area (Å²) in [5, 5.41) is 6.66. The van der Waals surface area contributed by atoms with Gasteiger partial charge in [-0.15, -0.1) is 0 Å². The average molecular weight is 278 g/mol. The van der Waals surface area contributed by atoms with Crippen LogP contribution in [-0.4, -0.2) is 49.6 Å². The maximum atomic E-state index is 4.54. The van der Waals surface area contributed by atoms with E-state index >= 15 is 0 Å². The summed E-state index contributed by atoms with van der Waals surface area (Å²) in [6, 6.07) is 0. The Hall–Kier alpha value is -0.0300. The van der Waals surface area contributed by atoms with Gasteiger partial charge in [-0.2, -0.15) is 23.5 Å². The molecule has 0 unspecified atom stereocenters. The van der Waals surface area contributed by atoms with Crippen LogP contribution in [0.15, 0.2) is 4.99 Å². The lowest BCUT2D eigenvalue weighted by molar-refractivity contribution is 0.733. The molecule has 0 fully saturated rings. The maximum Gasteiger partial charge on any atom is 0.191 e. The van der Waals surface area contributed by atoms with Gasteiger partial charge in [-0.1, -0.05) is 0 Å². The second kappa shape index (κ2) is 14.0. The van der Waals surface area contributed by atoms with Crippen LogP contribution in [0.3, 0.4) is 0 Å². The monoisotopic (exact) mass is 277 g/mol. The number of unbranched alkanes of at least 4 members (excludes halogenated alkanes) is 1. The Labute approximate surface area is 115 Å². The number of nitrogens with one attached hydrogen (secondary N) is 2. The zero-order chi connectivity index (χ0) is 12.8. The van der Waals surface area contributed by atoms with Crippen molar-refractivity contribution < 1.29 is 0 Å². The van der Waals surface area contributed by atoms with Gasteiger partial charge >= 0.3 is 0 Å². The highest BCUT2D eigenvalue weighted by molar-refractivity contribution is 7.98. The number of hydrogen-bond acceptors (Lipinski definition) is 3. The highest BCUT2D eigenvalue weighted by Crippen LogP contribution is 1.98. The molecule has 2 N–H and O–H groups in total. The fourth-order valence-corrected chi connectivity index (χ4v) is 2.23. The van der Waals surface area contributed by atoms with E-state index in [-0.39, 0.29) is 0 Å². The fraction of sp³-hybridized carbons (Fsp3) is 0.917. The Morgan fingerprint density at radius 2 is 1.71 bits per heavy atom. The van der Waals surface area contributed by atoms with Crippen molar-refractivity contribution in [1.29, 1.82) is 0 Å². The van der Waals surface area contributed by atoms with Gasteiger partial charge in [0, 0.05) is 19.6 Å². The minimum atomic E-state index is 0.918. The van der Waals surface area contributed by atoms with Crippen LogP contribution in [0.1, 0.15) is 26.2 Å². The molecule has 0 aromatic carbocycles. The first-order chi connectivity index (χ1) is 8.35. The van der Waals surface area contributed by atoms with Crippen LogP contribution in [0.2, 0.25) is 0 Å². The minimum Gasteiger partial charge on any atom is -0.357 e. The molecule has 0 rings (SSSR count). The van der Waals surface area contributed by atoms with E-state index in [2.05, 4.69) is 35.1 Å². The number of thioether (sulfide) groups is 2. The van der Waals surface area contributed by atoms with Gasteiger partial charge < -0.3 is 10.6 Å². The van der Waals surface area contributed by atoms with Crippen LogP contribution in [0.25, 0.3) is 0 Å². The molecule has 0 amide bonds. The highest BCUT2D eigenvalue weighted by atomic mass is 32.2. The first kappa shape index (κ1) is 17.0. The number of guanidine groups is 1. The lowest BCUT2D eigenvalue weighted by atomic mass is 10.3. The standard InChI is InChI=1S/C12H27N3S2/c1-4-13-12(15-9-7-11-17-3)14-8-5-6-10-16-2/h4-11H2,1-3H3,(H2,13,14,15). The van der Waals surface area contributed by atoms with Gasteiger partial charge in [0.1, 0.15) is 0 Å². The Morgan fingerprint density at radius 1 is 1.00 bits per heavy atom. The first-order valence-corrected chi connectivity index (χ1v) is 9.14. The predicted molar refractivity (Wildman–Crippen MR) is 84.6 cm³/mol. The molecular weight excluding hydrogens is 250 g/mol. The molecule has 0 aromatic heterocycles. The second-order valence-corrected chi connectivity index (χ2v) is 5.70. The van der Waals surface area contributed by atoms with Crippen LogP contribution >= 0.6 is 23.5 Å². The molecule has 0 aliphatic carbocycles. The van der Waals surface area contributed by atoms with Crippen molar-refractivity contribution in [2.24, 2.45) is 4.99 Å². The van der Waals surface area contributed by atoms with Gasteiger partial charge in [0.15, 0.2) is 5.96 Å². The Morgan fingerprint density at radius 3 is 2.35 bits per heavy atom. The Balaban J connectivity index is 3.65. The van der Waals surface area contributed by atoms with Crippen LogP contribution < -0.4 is 10.6 Å². The Kier molecular flexibility index (Phi) is 14.0. The van der Waals surface area contributed by atoms with E-state index in [0.29, 0.717) is 0 Å². The van der Waals surface area contributed by atoms with Crippen LogP contribution in [0.4, 0.5) is 0 Å². The lowest BCUT2D eigenvalue weighted by Gasteiger charge is -2.10. The summed E-state index contributed by atoms with van der Waals surface area (Å²) in [6.45, 7) is 4.97. The molecule has 0 atom stereocenters. The summed E-state index contributed by atoms with van der Waals surface area (Å²) in [5.41, 5.74) is 0. The number of rotatable bonds is 10.